The van der Waals surface area contributed by atoms with Gasteiger partial charge in [0.25, 0.3) is 0 Å². The van der Waals surface area contributed by atoms with E-state index in [9.17, 15) is 0 Å². The van der Waals surface area contributed by atoms with Crippen molar-refractivity contribution in [3.63, 3.8) is 0 Å². The van der Waals surface area contributed by atoms with Gasteiger partial charge in [-0.2, -0.15) is 5.10 Å². The van der Waals surface area contributed by atoms with E-state index in [1.807, 2.05) is 50.4 Å². The Morgan fingerprint density at radius 2 is 1.58 bits per heavy atom. The molecule has 0 saturated carbocycles. The lowest BCUT2D eigenvalue weighted by Crippen LogP contribution is -2.25. The fraction of sp³-hybridized carbons (Fsp3) is 0.263. The average molecular weight is 323 g/mol. The van der Waals surface area contributed by atoms with Crippen LogP contribution in [0.25, 0.3) is 10.8 Å². The molecule has 3 rings (SSSR count). The first-order valence-electron chi connectivity index (χ1n) is 7.89. The minimum atomic E-state index is 0.562. The number of hydrogen-bond donors (Lipinski definition) is 0. The Morgan fingerprint density at radius 3 is 2.29 bits per heavy atom. The molecule has 2 aromatic carbocycles. The summed E-state index contributed by atoms with van der Waals surface area (Å²) < 4.78 is 10.9. The molecule has 1 heterocycles. The van der Waals surface area contributed by atoms with Crippen molar-refractivity contribution in [1.29, 1.82) is 0 Å². The normalized spacial score (nSPS) is 10.6. The summed E-state index contributed by atoms with van der Waals surface area (Å²) in [6, 6.07) is 15.8. The van der Waals surface area contributed by atoms with Gasteiger partial charge in [-0.05, 0) is 31.2 Å². The van der Waals surface area contributed by atoms with Crippen LogP contribution in [0.15, 0.2) is 48.5 Å². The number of benzene rings is 2. The van der Waals surface area contributed by atoms with Gasteiger partial charge in [0.1, 0.15) is 18.1 Å². The van der Waals surface area contributed by atoms with Crippen LogP contribution in [0.3, 0.4) is 0 Å². The molecule has 124 valence electrons. The van der Waals surface area contributed by atoms with Crippen LogP contribution in [0.4, 0.5) is 5.82 Å². The highest BCUT2D eigenvalue weighted by Gasteiger charge is 2.10. The summed E-state index contributed by atoms with van der Waals surface area (Å²) in [7, 11) is 3.65. The first-order valence-corrected chi connectivity index (χ1v) is 7.89. The molecular weight excluding hydrogens is 302 g/mol. The highest BCUT2D eigenvalue weighted by molar-refractivity contribution is 5.93. The van der Waals surface area contributed by atoms with Crippen LogP contribution in [0.5, 0.6) is 11.5 Å². The molecule has 5 nitrogen and oxygen atoms in total. The summed E-state index contributed by atoms with van der Waals surface area (Å²) in [5.41, 5.74) is 0.942. The maximum absolute atomic E-state index is 5.79. The van der Waals surface area contributed by atoms with E-state index in [4.69, 9.17) is 9.47 Å². The maximum Gasteiger partial charge on any atom is 0.159 e. The third kappa shape index (κ3) is 3.40. The molecule has 0 amide bonds. The van der Waals surface area contributed by atoms with E-state index in [2.05, 4.69) is 27.2 Å². The van der Waals surface area contributed by atoms with Crippen LogP contribution in [0.1, 0.15) is 5.69 Å². The Bertz CT molecular complexity index is 818. The Labute approximate surface area is 141 Å². The molecule has 0 aliphatic heterocycles. The topological polar surface area (TPSA) is 47.5 Å². The number of rotatable bonds is 6. The molecule has 3 aromatic rings. The van der Waals surface area contributed by atoms with Crippen LogP contribution in [0.2, 0.25) is 0 Å². The Balaban J connectivity index is 1.67. The standard InChI is InChI=1S/C19H21N3O2/c1-14-17-6-4-5-7-18(17)19(21-20-14)22(2)12-13-24-16-10-8-15(23-3)9-11-16/h4-11H,12-13H2,1-3H3. The molecule has 0 N–H and O–H groups in total. The number of ether oxygens (including phenoxy) is 2. The first kappa shape index (κ1) is 16.1. The first-order chi connectivity index (χ1) is 11.7. The second kappa shape index (κ2) is 7.17. The predicted molar refractivity (Wildman–Crippen MR) is 96.0 cm³/mol. The van der Waals surface area contributed by atoms with E-state index in [0.717, 1.165) is 33.8 Å². The van der Waals surface area contributed by atoms with Gasteiger partial charge in [0.2, 0.25) is 0 Å². The molecule has 0 spiro atoms. The van der Waals surface area contributed by atoms with E-state index in [0.29, 0.717) is 13.2 Å². The number of nitrogens with zero attached hydrogens (tertiary/aromatic N) is 3. The molecule has 0 fully saturated rings. The lowest BCUT2D eigenvalue weighted by Gasteiger charge is -2.20. The lowest BCUT2D eigenvalue weighted by molar-refractivity contribution is 0.324. The van der Waals surface area contributed by atoms with E-state index >= 15 is 0 Å². The molecule has 0 aliphatic carbocycles. The number of aryl methyl sites for hydroxylation is 1. The smallest absolute Gasteiger partial charge is 0.159 e. The molecule has 0 radical (unpaired) electrons. The third-order valence-electron chi connectivity index (χ3n) is 3.97. The summed E-state index contributed by atoms with van der Waals surface area (Å²) in [6.45, 7) is 3.26. The highest BCUT2D eigenvalue weighted by atomic mass is 16.5. The van der Waals surface area contributed by atoms with Gasteiger partial charge in [0, 0.05) is 17.8 Å². The fourth-order valence-electron chi connectivity index (χ4n) is 2.58. The van der Waals surface area contributed by atoms with Crippen LogP contribution < -0.4 is 14.4 Å². The number of anilines is 1. The van der Waals surface area contributed by atoms with E-state index in [1.54, 1.807) is 7.11 Å². The van der Waals surface area contributed by atoms with Gasteiger partial charge in [0.15, 0.2) is 5.82 Å². The van der Waals surface area contributed by atoms with E-state index < -0.39 is 0 Å². The zero-order valence-corrected chi connectivity index (χ0v) is 14.2. The molecule has 24 heavy (non-hydrogen) atoms. The largest absolute Gasteiger partial charge is 0.497 e. The number of likely N-dealkylation sites (N-methyl/N-ethyl adjacent to an activating group) is 1. The number of hydrogen-bond acceptors (Lipinski definition) is 5. The summed E-state index contributed by atoms with van der Waals surface area (Å²) in [5, 5.41) is 10.9. The molecule has 0 aliphatic rings. The average Bonchev–Trinajstić information content (AvgIpc) is 2.63. The Kier molecular flexibility index (Phi) is 4.79. The predicted octanol–water partition coefficient (Wildman–Crippen LogP) is 3.46. The quantitative estimate of drug-likeness (QED) is 0.695. The second-order valence-electron chi connectivity index (χ2n) is 5.60. The minimum Gasteiger partial charge on any atom is -0.497 e. The maximum atomic E-state index is 5.79. The summed E-state index contributed by atoms with van der Waals surface area (Å²) in [5.74, 6) is 2.51. The van der Waals surface area contributed by atoms with Gasteiger partial charge >= 0.3 is 0 Å². The molecule has 5 heteroatoms. The van der Waals surface area contributed by atoms with Gasteiger partial charge in [-0.1, -0.05) is 24.3 Å². The summed E-state index contributed by atoms with van der Waals surface area (Å²) in [6.07, 6.45) is 0. The number of aromatic nitrogens is 2. The SMILES string of the molecule is COc1ccc(OCCN(C)c2nnc(C)c3ccccc23)cc1. The van der Waals surface area contributed by atoms with Crippen molar-refractivity contribution in [3.05, 3.63) is 54.2 Å². The minimum absolute atomic E-state index is 0.562. The van der Waals surface area contributed by atoms with Crippen molar-refractivity contribution < 1.29 is 9.47 Å². The molecule has 0 saturated heterocycles. The molecule has 0 unspecified atom stereocenters. The Hall–Kier alpha value is -2.82. The van der Waals surface area contributed by atoms with E-state index in [1.165, 1.54) is 0 Å². The van der Waals surface area contributed by atoms with Gasteiger partial charge in [-0.25, -0.2) is 0 Å². The number of methoxy groups -OCH3 is 1. The molecule has 1 aromatic heterocycles. The third-order valence-corrected chi connectivity index (χ3v) is 3.97. The van der Waals surface area contributed by atoms with Crippen molar-refractivity contribution in [2.24, 2.45) is 0 Å². The monoisotopic (exact) mass is 323 g/mol. The van der Waals surface area contributed by atoms with Crippen molar-refractivity contribution in [2.75, 3.05) is 32.2 Å². The van der Waals surface area contributed by atoms with Crippen molar-refractivity contribution >= 4 is 16.6 Å². The van der Waals surface area contributed by atoms with Crippen molar-refractivity contribution in [3.8, 4) is 11.5 Å². The number of fused-ring (bicyclic) bond motifs is 1. The van der Waals surface area contributed by atoms with Crippen LogP contribution in [0, 0.1) is 6.92 Å². The molecule has 0 atom stereocenters. The second-order valence-corrected chi connectivity index (χ2v) is 5.60. The zero-order valence-electron chi connectivity index (χ0n) is 14.2. The zero-order chi connectivity index (χ0) is 16.9. The van der Waals surface area contributed by atoms with Gasteiger partial charge in [-0.15, -0.1) is 5.10 Å². The highest BCUT2D eigenvalue weighted by Crippen LogP contribution is 2.24. The fourth-order valence-corrected chi connectivity index (χ4v) is 2.58. The van der Waals surface area contributed by atoms with Gasteiger partial charge in [-0.3, -0.25) is 0 Å². The van der Waals surface area contributed by atoms with Crippen LogP contribution >= 0.6 is 0 Å². The summed E-state index contributed by atoms with van der Waals surface area (Å²) >= 11 is 0. The molecular formula is C19H21N3O2. The van der Waals surface area contributed by atoms with Gasteiger partial charge in [0.05, 0.1) is 19.3 Å². The van der Waals surface area contributed by atoms with Gasteiger partial charge < -0.3 is 14.4 Å². The van der Waals surface area contributed by atoms with Crippen molar-refractivity contribution in [2.45, 2.75) is 6.92 Å². The van der Waals surface area contributed by atoms with Crippen molar-refractivity contribution in [1.82, 2.24) is 10.2 Å². The molecule has 0 bridgehead atoms. The van der Waals surface area contributed by atoms with Crippen LogP contribution in [-0.2, 0) is 0 Å². The van der Waals surface area contributed by atoms with E-state index in [-0.39, 0.29) is 0 Å². The lowest BCUT2D eigenvalue weighted by atomic mass is 10.1. The van der Waals surface area contributed by atoms with Crippen LogP contribution in [-0.4, -0.2) is 37.5 Å². The summed E-state index contributed by atoms with van der Waals surface area (Å²) in [4.78, 5) is 2.07. The Morgan fingerprint density at radius 1 is 0.917 bits per heavy atom.